The average Bonchev–Trinajstić information content (AvgIpc) is 3.35. The molecular weight excluding hydrogens is 428 g/mol. The largest absolute Gasteiger partial charge is 0.497 e. The van der Waals surface area contributed by atoms with Crippen LogP contribution < -0.4 is 9.47 Å². The van der Waals surface area contributed by atoms with E-state index >= 15 is 0 Å². The molecule has 0 unspecified atom stereocenters. The summed E-state index contributed by atoms with van der Waals surface area (Å²) in [6, 6.07) is 9.82. The molecule has 3 heterocycles. The molecule has 7 heteroatoms. The Morgan fingerprint density at radius 1 is 1.03 bits per heavy atom. The van der Waals surface area contributed by atoms with E-state index in [1.54, 1.807) is 14.2 Å². The number of rotatable bonds is 9. The number of unbranched alkanes of at least 4 members (excludes halogenated alkanes) is 1. The fourth-order valence-corrected chi connectivity index (χ4v) is 4.55. The van der Waals surface area contributed by atoms with Crippen LogP contribution in [0.15, 0.2) is 48.9 Å². The molecular formula is C27H34N4O3. The molecule has 1 aliphatic heterocycles. The van der Waals surface area contributed by atoms with E-state index in [1.807, 2.05) is 53.8 Å². The number of hydrogen-bond acceptors (Lipinski definition) is 5. The summed E-state index contributed by atoms with van der Waals surface area (Å²) in [6.07, 6.45) is 10.8. The number of aromatic nitrogens is 3. The molecule has 0 spiro atoms. The van der Waals surface area contributed by atoms with Crippen molar-refractivity contribution in [3.05, 3.63) is 71.6 Å². The number of pyridine rings is 1. The molecule has 1 amide bonds. The van der Waals surface area contributed by atoms with Gasteiger partial charge in [0.15, 0.2) is 0 Å². The van der Waals surface area contributed by atoms with Crippen LogP contribution in [0.1, 0.15) is 66.0 Å². The Balaban J connectivity index is 1.38. The Kier molecular flexibility index (Phi) is 7.83. The van der Waals surface area contributed by atoms with Gasteiger partial charge in [-0.1, -0.05) is 19.4 Å². The lowest BCUT2D eigenvalue weighted by molar-refractivity contribution is 0.0704. The van der Waals surface area contributed by atoms with E-state index in [2.05, 4.69) is 21.5 Å². The monoisotopic (exact) mass is 462 g/mol. The smallest absolute Gasteiger partial charge is 0.272 e. The zero-order valence-electron chi connectivity index (χ0n) is 20.4. The number of benzene rings is 1. The normalized spacial score (nSPS) is 14.3. The fraction of sp³-hybridized carbons (Fsp3) is 0.444. The molecule has 0 radical (unpaired) electrons. The number of amides is 1. The highest BCUT2D eigenvalue weighted by Crippen LogP contribution is 2.29. The van der Waals surface area contributed by atoms with E-state index in [1.165, 1.54) is 5.56 Å². The van der Waals surface area contributed by atoms with Crippen LogP contribution in [0.5, 0.6) is 11.5 Å². The molecule has 180 valence electrons. The summed E-state index contributed by atoms with van der Waals surface area (Å²) < 4.78 is 13.0. The molecule has 1 fully saturated rings. The molecule has 34 heavy (non-hydrogen) atoms. The van der Waals surface area contributed by atoms with Gasteiger partial charge >= 0.3 is 0 Å². The molecule has 0 bridgehead atoms. The summed E-state index contributed by atoms with van der Waals surface area (Å²) in [5, 5.41) is 0. The number of hydrogen-bond donors (Lipinski definition) is 0. The van der Waals surface area contributed by atoms with Crippen LogP contribution in [0, 0.1) is 0 Å². The number of likely N-dealkylation sites (tertiary alicyclic amines) is 1. The maximum Gasteiger partial charge on any atom is 0.272 e. The zero-order valence-corrected chi connectivity index (χ0v) is 20.4. The van der Waals surface area contributed by atoms with Crippen molar-refractivity contribution in [2.75, 3.05) is 27.3 Å². The highest BCUT2D eigenvalue weighted by Gasteiger charge is 2.27. The Hall–Kier alpha value is -3.35. The fourth-order valence-electron chi connectivity index (χ4n) is 4.55. The highest BCUT2D eigenvalue weighted by molar-refractivity contribution is 5.92. The summed E-state index contributed by atoms with van der Waals surface area (Å²) in [7, 11) is 3.32. The van der Waals surface area contributed by atoms with Crippen molar-refractivity contribution < 1.29 is 14.3 Å². The van der Waals surface area contributed by atoms with Crippen molar-refractivity contribution in [3.8, 4) is 11.5 Å². The van der Waals surface area contributed by atoms with Gasteiger partial charge in [-0.05, 0) is 55.0 Å². The van der Waals surface area contributed by atoms with E-state index < -0.39 is 0 Å². The predicted molar refractivity (Wildman–Crippen MR) is 132 cm³/mol. The van der Waals surface area contributed by atoms with Crippen molar-refractivity contribution in [2.45, 2.75) is 51.5 Å². The lowest BCUT2D eigenvalue weighted by Crippen LogP contribution is -2.38. The summed E-state index contributed by atoms with van der Waals surface area (Å²) in [5.41, 5.74) is 2.82. The van der Waals surface area contributed by atoms with Gasteiger partial charge < -0.3 is 18.9 Å². The number of piperidine rings is 1. The third kappa shape index (κ3) is 5.58. The Morgan fingerprint density at radius 3 is 2.38 bits per heavy atom. The maximum atomic E-state index is 13.0. The molecule has 0 aliphatic carbocycles. The van der Waals surface area contributed by atoms with Gasteiger partial charge in [0.1, 0.15) is 23.0 Å². The van der Waals surface area contributed by atoms with Crippen molar-refractivity contribution in [1.82, 2.24) is 19.4 Å². The van der Waals surface area contributed by atoms with Crippen LogP contribution >= 0.6 is 0 Å². The lowest BCUT2D eigenvalue weighted by atomic mass is 9.95. The number of carbonyl (C=O) groups is 1. The van der Waals surface area contributed by atoms with Gasteiger partial charge in [-0.2, -0.15) is 0 Å². The quantitative estimate of drug-likeness (QED) is 0.461. The van der Waals surface area contributed by atoms with Crippen molar-refractivity contribution in [3.63, 3.8) is 0 Å². The summed E-state index contributed by atoms with van der Waals surface area (Å²) in [6.45, 7) is 4.29. The maximum absolute atomic E-state index is 13.0. The molecule has 0 saturated carbocycles. The molecule has 2 aromatic heterocycles. The van der Waals surface area contributed by atoms with Crippen LogP contribution in [0.3, 0.4) is 0 Å². The zero-order chi connectivity index (χ0) is 23.9. The highest BCUT2D eigenvalue weighted by atomic mass is 16.5. The van der Waals surface area contributed by atoms with Gasteiger partial charge in [0.2, 0.25) is 0 Å². The van der Waals surface area contributed by atoms with Crippen LogP contribution in [0.2, 0.25) is 0 Å². The second kappa shape index (κ2) is 11.2. The molecule has 7 nitrogen and oxygen atoms in total. The lowest BCUT2D eigenvalue weighted by Gasteiger charge is -2.31. The van der Waals surface area contributed by atoms with E-state index in [4.69, 9.17) is 9.47 Å². The summed E-state index contributed by atoms with van der Waals surface area (Å²) in [4.78, 5) is 24.0. The standard InChI is InChI=1S/C27H34N4O3/c1-4-5-6-20-7-8-25(29-18-20)27(32)30-12-9-22(10-13-30)26-28-11-14-31(26)19-21-15-23(33-2)17-24(16-21)34-3/h7-8,11,14-18,22H,4-6,9-10,12-13,19H2,1-3H3. The molecule has 1 aromatic carbocycles. The van der Waals surface area contributed by atoms with Crippen molar-refractivity contribution in [1.29, 1.82) is 0 Å². The first-order chi connectivity index (χ1) is 16.6. The minimum Gasteiger partial charge on any atom is -0.497 e. The van der Waals surface area contributed by atoms with Crippen LogP contribution in [-0.2, 0) is 13.0 Å². The van der Waals surface area contributed by atoms with Gasteiger partial charge in [0.05, 0.1) is 14.2 Å². The van der Waals surface area contributed by atoms with Gasteiger partial charge in [-0.15, -0.1) is 0 Å². The first-order valence-corrected chi connectivity index (χ1v) is 12.1. The summed E-state index contributed by atoms with van der Waals surface area (Å²) >= 11 is 0. The summed E-state index contributed by atoms with van der Waals surface area (Å²) in [5.74, 6) is 2.94. The average molecular weight is 463 g/mol. The number of ether oxygens (including phenoxy) is 2. The van der Waals surface area contributed by atoms with Crippen LogP contribution in [-0.4, -0.2) is 52.7 Å². The van der Waals surface area contributed by atoms with Gasteiger partial charge in [0.25, 0.3) is 5.91 Å². The third-order valence-electron chi connectivity index (χ3n) is 6.52. The van der Waals surface area contributed by atoms with Crippen molar-refractivity contribution >= 4 is 5.91 Å². The Morgan fingerprint density at radius 2 is 1.76 bits per heavy atom. The van der Waals surface area contributed by atoms with E-state index in [-0.39, 0.29) is 5.91 Å². The first-order valence-electron chi connectivity index (χ1n) is 12.1. The number of nitrogens with zero attached hydrogens (tertiary/aromatic N) is 4. The van der Waals surface area contributed by atoms with E-state index in [9.17, 15) is 4.79 Å². The minimum atomic E-state index is 0.0207. The van der Waals surface area contributed by atoms with Gasteiger partial charge in [0, 0.05) is 50.2 Å². The topological polar surface area (TPSA) is 69.5 Å². The van der Waals surface area contributed by atoms with E-state index in [0.717, 1.165) is 55.0 Å². The second-order valence-corrected chi connectivity index (χ2v) is 8.86. The van der Waals surface area contributed by atoms with Gasteiger partial charge in [-0.3, -0.25) is 9.78 Å². The Labute approximate surface area is 201 Å². The molecule has 1 aliphatic rings. The van der Waals surface area contributed by atoms with Crippen molar-refractivity contribution in [2.24, 2.45) is 0 Å². The van der Waals surface area contributed by atoms with Crippen LogP contribution in [0.4, 0.5) is 0 Å². The molecule has 1 saturated heterocycles. The third-order valence-corrected chi connectivity index (χ3v) is 6.52. The molecule has 0 atom stereocenters. The Bertz CT molecular complexity index is 1060. The predicted octanol–water partition coefficient (Wildman–Crippen LogP) is 4.71. The molecule has 0 N–H and O–H groups in total. The molecule has 3 aromatic rings. The first kappa shape index (κ1) is 23.8. The number of imidazole rings is 1. The number of methoxy groups -OCH3 is 2. The molecule has 4 rings (SSSR count). The second-order valence-electron chi connectivity index (χ2n) is 8.86. The number of aryl methyl sites for hydroxylation is 1. The van der Waals surface area contributed by atoms with E-state index in [0.29, 0.717) is 31.2 Å². The van der Waals surface area contributed by atoms with Gasteiger partial charge in [-0.25, -0.2) is 4.98 Å². The number of carbonyl (C=O) groups excluding carboxylic acids is 1. The minimum absolute atomic E-state index is 0.0207. The van der Waals surface area contributed by atoms with Crippen LogP contribution in [0.25, 0.3) is 0 Å². The SMILES string of the molecule is CCCCc1ccc(C(=O)N2CCC(c3nccn3Cc3cc(OC)cc(OC)c3)CC2)nc1.